The zero-order chi connectivity index (χ0) is 25.0. The van der Waals surface area contributed by atoms with Crippen LogP contribution in [0.2, 0.25) is 0 Å². The largest absolute Gasteiger partial charge is 0.496 e. The standard InChI is InChI=1S/C28H39N3O3S/c1-31(23-13-5-4-6-14-23)20-22-12-8-7-11-21(22)19-29-28(33)25(17-18-35-3)30-27(32)24-15-9-10-16-26(24)34-2/h7-12,15-16,23,25H,4-6,13-14,17-20H2,1-3H3,(H,29,33)(H,30,32). The molecule has 2 amide bonds. The highest BCUT2D eigenvalue weighted by molar-refractivity contribution is 7.98. The Bertz CT molecular complexity index is 962. The second-order valence-electron chi connectivity index (χ2n) is 9.20. The maximum absolute atomic E-state index is 13.1. The molecule has 6 nitrogen and oxygen atoms in total. The van der Waals surface area contributed by atoms with Crippen molar-refractivity contribution in [3.8, 4) is 5.75 Å². The highest BCUT2D eigenvalue weighted by Crippen LogP contribution is 2.24. The molecule has 35 heavy (non-hydrogen) atoms. The van der Waals surface area contributed by atoms with Gasteiger partial charge in [-0.1, -0.05) is 55.7 Å². The Morgan fingerprint density at radius 2 is 1.74 bits per heavy atom. The second-order valence-corrected chi connectivity index (χ2v) is 10.2. The number of methoxy groups -OCH3 is 1. The van der Waals surface area contributed by atoms with Gasteiger partial charge in [-0.25, -0.2) is 0 Å². The summed E-state index contributed by atoms with van der Waals surface area (Å²) in [5.74, 6) is 0.786. The smallest absolute Gasteiger partial charge is 0.255 e. The summed E-state index contributed by atoms with van der Waals surface area (Å²) in [6, 6.07) is 15.4. The third-order valence-corrected chi connectivity index (χ3v) is 7.42. The van der Waals surface area contributed by atoms with Crippen LogP contribution < -0.4 is 15.4 Å². The zero-order valence-electron chi connectivity index (χ0n) is 21.2. The van der Waals surface area contributed by atoms with E-state index in [4.69, 9.17) is 4.74 Å². The van der Waals surface area contributed by atoms with Crippen molar-refractivity contribution in [1.29, 1.82) is 0 Å². The van der Waals surface area contributed by atoms with E-state index in [-0.39, 0.29) is 11.8 Å². The molecular formula is C28H39N3O3S. The molecule has 190 valence electrons. The molecule has 1 atom stereocenters. The third-order valence-electron chi connectivity index (χ3n) is 6.77. The lowest BCUT2D eigenvalue weighted by Crippen LogP contribution is -2.47. The quantitative estimate of drug-likeness (QED) is 0.448. The summed E-state index contributed by atoms with van der Waals surface area (Å²) < 4.78 is 5.31. The first-order valence-electron chi connectivity index (χ1n) is 12.5. The Balaban J connectivity index is 1.63. The molecule has 0 bridgehead atoms. The van der Waals surface area contributed by atoms with Crippen molar-refractivity contribution >= 4 is 23.6 Å². The summed E-state index contributed by atoms with van der Waals surface area (Å²) in [5, 5.41) is 5.99. The molecule has 0 radical (unpaired) electrons. The predicted molar refractivity (Wildman–Crippen MR) is 144 cm³/mol. The Morgan fingerprint density at radius 3 is 2.46 bits per heavy atom. The van der Waals surface area contributed by atoms with E-state index >= 15 is 0 Å². The predicted octanol–water partition coefficient (Wildman–Crippen LogP) is 4.63. The van der Waals surface area contributed by atoms with E-state index in [1.165, 1.54) is 44.8 Å². The number of thioether (sulfide) groups is 1. The zero-order valence-corrected chi connectivity index (χ0v) is 22.0. The third kappa shape index (κ3) is 8.00. The Hall–Kier alpha value is -2.51. The van der Waals surface area contributed by atoms with Crippen LogP contribution in [0.5, 0.6) is 5.75 Å². The van der Waals surface area contributed by atoms with E-state index in [0.29, 0.717) is 30.3 Å². The highest BCUT2D eigenvalue weighted by atomic mass is 32.2. The van der Waals surface area contributed by atoms with Gasteiger partial charge in [0.2, 0.25) is 5.91 Å². The topological polar surface area (TPSA) is 70.7 Å². The number of carbonyl (C=O) groups is 2. The SMILES string of the molecule is COc1ccccc1C(=O)NC(CCSC)C(=O)NCc1ccccc1CN(C)C1CCCCC1. The number of hydrogen-bond acceptors (Lipinski definition) is 5. The van der Waals surface area contributed by atoms with Crippen LogP contribution in [0.25, 0.3) is 0 Å². The van der Waals surface area contributed by atoms with E-state index in [1.54, 1.807) is 30.0 Å². The fraction of sp³-hybridized carbons (Fsp3) is 0.500. The van der Waals surface area contributed by atoms with Crippen molar-refractivity contribution < 1.29 is 14.3 Å². The van der Waals surface area contributed by atoms with Crippen molar-refractivity contribution in [3.63, 3.8) is 0 Å². The number of nitrogens with zero attached hydrogens (tertiary/aromatic N) is 1. The van der Waals surface area contributed by atoms with Gasteiger partial charge in [-0.05, 0) is 61.6 Å². The highest BCUT2D eigenvalue weighted by Gasteiger charge is 2.23. The second kappa shape index (κ2) is 14.1. The van der Waals surface area contributed by atoms with Crippen LogP contribution in [0.15, 0.2) is 48.5 Å². The van der Waals surface area contributed by atoms with Crippen LogP contribution in [-0.2, 0) is 17.9 Å². The van der Waals surface area contributed by atoms with Gasteiger partial charge in [0.15, 0.2) is 0 Å². The summed E-state index contributed by atoms with van der Waals surface area (Å²) in [7, 11) is 3.74. The van der Waals surface area contributed by atoms with Crippen molar-refractivity contribution in [2.75, 3.05) is 26.2 Å². The average Bonchev–Trinajstić information content (AvgIpc) is 2.90. The number of hydrogen-bond donors (Lipinski definition) is 2. The van der Waals surface area contributed by atoms with E-state index in [1.807, 2.05) is 18.4 Å². The molecule has 0 aliphatic heterocycles. The van der Waals surface area contributed by atoms with Crippen LogP contribution in [0.3, 0.4) is 0 Å². The molecule has 2 N–H and O–H groups in total. The minimum Gasteiger partial charge on any atom is -0.496 e. The van der Waals surface area contributed by atoms with Gasteiger partial charge in [-0.3, -0.25) is 14.5 Å². The summed E-state index contributed by atoms with van der Waals surface area (Å²) >= 11 is 1.65. The number of ether oxygens (including phenoxy) is 1. The fourth-order valence-corrected chi connectivity index (χ4v) is 5.15. The molecule has 2 aromatic rings. The molecule has 1 unspecified atom stereocenters. The number of rotatable bonds is 12. The number of para-hydroxylation sites is 1. The number of benzene rings is 2. The lowest BCUT2D eigenvalue weighted by atomic mass is 9.94. The van der Waals surface area contributed by atoms with Crippen molar-refractivity contribution in [2.45, 2.75) is 63.7 Å². The van der Waals surface area contributed by atoms with Gasteiger partial charge < -0.3 is 15.4 Å². The molecule has 0 spiro atoms. The Kier molecular flexibility index (Phi) is 10.9. The van der Waals surface area contributed by atoms with E-state index in [0.717, 1.165) is 17.9 Å². The molecule has 1 aliphatic carbocycles. The molecule has 1 saturated carbocycles. The molecule has 1 fully saturated rings. The average molecular weight is 498 g/mol. The summed E-state index contributed by atoms with van der Waals surface area (Å²) in [6.45, 7) is 1.31. The van der Waals surface area contributed by atoms with Gasteiger partial charge in [-0.15, -0.1) is 0 Å². The monoisotopic (exact) mass is 497 g/mol. The van der Waals surface area contributed by atoms with Crippen LogP contribution in [0.4, 0.5) is 0 Å². The van der Waals surface area contributed by atoms with Crippen molar-refractivity contribution in [2.24, 2.45) is 0 Å². The molecule has 7 heteroatoms. The molecule has 3 rings (SSSR count). The first-order chi connectivity index (χ1) is 17.0. The molecule has 2 aromatic carbocycles. The first-order valence-corrected chi connectivity index (χ1v) is 13.9. The fourth-order valence-electron chi connectivity index (χ4n) is 4.68. The molecule has 0 aromatic heterocycles. The van der Waals surface area contributed by atoms with E-state index in [2.05, 4.69) is 40.8 Å². The van der Waals surface area contributed by atoms with Gasteiger partial charge in [0.05, 0.1) is 12.7 Å². The van der Waals surface area contributed by atoms with Crippen LogP contribution in [0, 0.1) is 0 Å². The van der Waals surface area contributed by atoms with Gasteiger partial charge in [-0.2, -0.15) is 11.8 Å². The van der Waals surface area contributed by atoms with Crippen LogP contribution in [-0.4, -0.2) is 55.0 Å². The Morgan fingerprint density at radius 1 is 1.06 bits per heavy atom. The normalized spacial score (nSPS) is 15.0. The molecular weight excluding hydrogens is 458 g/mol. The maximum Gasteiger partial charge on any atom is 0.255 e. The molecule has 0 heterocycles. The minimum atomic E-state index is -0.614. The number of carbonyl (C=O) groups excluding carboxylic acids is 2. The van der Waals surface area contributed by atoms with Gasteiger partial charge in [0.1, 0.15) is 11.8 Å². The molecule has 0 saturated heterocycles. The number of amides is 2. The summed E-state index contributed by atoms with van der Waals surface area (Å²) in [4.78, 5) is 28.5. The van der Waals surface area contributed by atoms with Crippen LogP contribution in [0.1, 0.15) is 60.0 Å². The van der Waals surface area contributed by atoms with Gasteiger partial charge in [0.25, 0.3) is 5.91 Å². The maximum atomic E-state index is 13.1. The minimum absolute atomic E-state index is 0.169. The van der Waals surface area contributed by atoms with Gasteiger partial charge in [0, 0.05) is 19.1 Å². The van der Waals surface area contributed by atoms with Crippen molar-refractivity contribution in [3.05, 3.63) is 65.2 Å². The van der Waals surface area contributed by atoms with Crippen molar-refractivity contribution in [1.82, 2.24) is 15.5 Å². The first kappa shape index (κ1) is 27.1. The molecule has 1 aliphatic rings. The number of nitrogens with one attached hydrogen (secondary N) is 2. The van der Waals surface area contributed by atoms with Gasteiger partial charge >= 0.3 is 0 Å². The van der Waals surface area contributed by atoms with E-state index < -0.39 is 6.04 Å². The lowest BCUT2D eigenvalue weighted by molar-refractivity contribution is -0.123. The van der Waals surface area contributed by atoms with Crippen LogP contribution >= 0.6 is 11.8 Å². The lowest BCUT2D eigenvalue weighted by Gasteiger charge is -2.31. The van der Waals surface area contributed by atoms with E-state index in [9.17, 15) is 9.59 Å². The Labute approximate surface area is 214 Å². The summed E-state index contributed by atoms with van der Waals surface area (Å²) in [6.07, 6.45) is 9.04. The summed E-state index contributed by atoms with van der Waals surface area (Å²) in [5.41, 5.74) is 2.77.